The summed E-state index contributed by atoms with van der Waals surface area (Å²) in [6.07, 6.45) is 2.74. The third-order valence-corrected chi connectivity index (χ3v) is 3.30. The summed E-state index contributed by atoms with van der Waals surface area (Å²) in [5, 5.41) is 0. The molecule has 0 N–H and O–H groups in total. The predicted octanol–water partition coefficient (Wildman–Crippen LogP) is 2.06. The lowest BCUT2D eigenvalue weighted by molar-refractivity contribution is 0.103. The van der Waals surface area contributed by atoms with Crippen LogP contribution in [0.15, 0.2) is 0 Å². The molecular formula is C12H26N2. The first-order chi connectivity index (χ1) is 6.59. The van der Waals surface area contributed by atoms with Crippen molar-refractivity contribution in [1.29, 1.82) is 0 Å². The molecule has 0 aromatic carbocycles. The first-order valence-corrected chi connectivity index (χ1v) is 6.02. The topological polar surface area (TPSA) is 6.48 Å². The van der Waals surface area contributed by atoms with Crippen LogP contribution in [0.25, 0.3) is 0 Å². The number of rotatable bonds is 4. The van der Waals surface area contributed by atoms with E-state index in [-0.39, 0.29) is 0 Å². The van der Waals surface area contributed by atoms with E-state index in [4.69, 9.17) is 0 Å². The van der Waals surface area contributed by atoms with Gasteiger partial charge in [0.1, 0.15) is 0 Å². The fourth-order valence-electron chi connectivity index (χ4n) is 2.05. The van der Waals surface area contributed by atoms with E-state index in [2.05, 4.69) is 37.6 Å². The Balaban J connectivity index is 2.13. The average Bonchev–Trinajstić information content (AvgIpc) is 2.10. The summed E-state index contributed by atoms with van der Waals surface area (Å²) in [5.74, 6) is 0.861. The highest BCUT2D eigenvalue weighted by atomic mass is 15.3. The van der Waals surface area contributed by atoms with Gasteiger partial charge in [0.2, 0.25) is 0 Å². The zero-order valence-corrected chi connectivity index (χ0v) is 10.3. The minimum atomic E-state index is 0.739. The SMILES string of the molecule is CC(C)CCCN1CCN(C)C(C)C1. The van der Waals surface area contributed by atoms with Crippen molar-refractivity contribution < 1.29 is 0 Å². The summed E-state index contributed by atoms with van der Waals surface area (Å²) in [5.41, 5.74) is 0. The number of piperazine rings is 1. The van der Waals surface area contributed by atoms with Gasteiger partial charge in [0.05, 0.1) is 0 Å². The first kappa shape index (κ1) is 12.0. The standard InChI is InChI=1S/C12H26N2/c1-11(2)6-5-7-14-9-8-13(4)12(3)10-14/h11-12H,5-10H2,1-4H3. The lowest BCUT2D eigenvalue weighted by Crippen LogP contribution is -2.50. The summed E-state index contributed by atoms with van der Waals surface area (Å²) in [6, 6.07) is 0.739. The molecule has 1 aliphatic rings. The quantitative estimate of drug-likeness (QED) is 0.682. The second kappa shape index (κ2) is 5.72. The molecule has 0 aromatic rings. The van der Waals surface area contributed by atoms with Crippen molar-refractivity contribution in [3.63, 3.8) is 0 Å². The normalized spacial score (nSPS) is 25.9. The number of likely N-dealkylation sites (N-methyl/N-ethyl adjacent to an activating group) is 1. The highest BCUT2D eigenvalue weighted by Crippen LogP contribution is 2.10. The van der Waals surface area contributed by atoms with Gasteiger partial charge in [-0.25, -0.2) is 0 Å². The molecule has 0 aliphatic carbocycles. The second-order valence-electron chi connectivity index (χ2n) is 5.17. The Kier molecular flexibility index (Phi) is 4.90. The maximum atomic E-state index is 2.62. The zero-order valence-electron chi connectivity index (χ0n) is 10.3. The van der Waals surface area contributed by atoms with E-state index in [0.29, 0.717) is 0 Å². The van der Waals surface area contributed by atoms with Crippen LogP contribution in [-0.2, 0) is 0 Å². The molecule has 1 saturated heterocycles. The Hall–Kier alpha value is -0.0800. The highest BCUT2D eigenvalue weighted by Gasteiger charge is 2.19. The molecule has 0 radical (unpaired) electrons. The zero-order chi connectivity index (χ0) is 10.6. The summed E-state index contributed by atoms with van der Waals surface area (Å²) < 4.78 is 0. The van der Waals surface area contributed by atoms with Crippen molar-refractivity contribution in [1.82, 2.24) is 9.80 Å². The van der Waals surface area contributed by atoms with Gasteiger partial charge in [-0.05, 0) is 39.3 Å². The molecule has 0 aromatic heterocycles. The van der Waals surface area contributed by atoms with Crippen LogP contribution in [0.3, 0.4) is 0 Å². The number of nitrogens with zero attached hydrogens (tertiary/aromatic N) is 2. The van der Waals surface area contributed by atoms with Gasteiger partial charge < -0.3 is 9.80 Å². The molecular weight excluding hydrogens is 172 g/mol. The smallest absolute Gasteiger partial charge is 0.0192 e. The Morgan fingerprint density at radius 1 is 1.29 bits per heavy atom. The molecule has 14 heavy (non-hydrogen) atoms. The third kappa shape index (κ3) is 3.97. The summed E-state index contributed by atoms with van der Waals surface area (Å²) in [7, 11) is 2.23. The van der Waals surface area contributed by atoms with E-state index < -0.39 is 0 Å². The molecule has 1 unspecified atom stereocenters. The van der Waals surface area contributed by atoms with Crippen LogP contribution in [0.4, 0.5) is 0 Å². The number of hydrogen-bond donors (Lipinski definition) is 0. The molecule has 84 valence electrons. The van der Waals surface area contributed by atoms with Crippen molar-refractivity contribution in [3.05, 3.63) is 0 Å². The van der Waals surface area contributed by atoms with E-state index in [1.807, 2.05) is 0 Å². The highest BCUT2D eigenvalue weighted by molar-refractivity contribution is 4.76. The van der Waals surface area contributed by atoms with Gasteiger partial charge in [-0.2, -0.15) is 0 Å². The fraction of sp³-hybridized carbons (Fsp3) is 1.00. The minimum Gasteiger partial charge on any atom is -0.301 e. The lowest BCUT2D eigenvalue weighted by atomic mass is 10.1. The van der Waals surface area contributed by atoms with Crippen LogP contribution in [0.2, 0.25) is 0 Å². The first-order valence-electron chi connectivity index (χ1n) is 6.02. The van der Waals surface area contributed by atoms with Gasteiger partial charge in [-0.1, -0.05) is 13.8 Å². The van der Waals surface area contributed by atoms with Crippen LogP contribution < -0.4 is 0 Å². The van der Waals surface area contributed by atoms with Crippen molar-refractivity contribution in [2.24, 2.45) is 5.92 Å². The van der Waals surface area contributed by atoms with Crippen LogP contribution in [0, 0.1) is 5.92 Å². The van der Waals surface area contributed by atoms with Crippen molar-refractivity contribution in [3.8, 4) is 0 Å². The molecule has 1 fully saturated rings. The van der Waals surface area contributed by atoms with Gasteiger partial charge in [-0.15, -0.1) is 0 Å². The fourth-order valence-corrected chi connectivity index (χ4v) is 2.05. The maximum Gasteiger partial charge on any atom is 0.0192 e. The van der Waals surface area contributed by atoms with E-state index >= 15 is 0 Å². The van der Waals surface area contributed by atoms with Gasteiger partial charge in [0.25, 0.3) is 0 Å². The summed E-state index contributed by atoms with van der Waals surface area (Å²) >= 11 is 0. The van der Waals surface area contributed by atoms with E-state index in [1.165, 1.54) is 39.0 Å². The third-order valence-electron chi connectivity index (χ3n) is 3.30. The van der Waals surface area contributed by atoms with Crippen molar-refractivity contribution in [2.75, 3.05) is 33.2 Å². The second-order valence-corrected chi connectivity index (χ2v) is 5.17. The molecule has 1 atom stereocenters. The van der Waals surface area contributed by atoms with Gasteiger partial charge >= 0.3 is 0 Å². The van der Waals surface area contributed by atoms with E-state index in [0.717, 1.165) is 12.0 Å². The molecule has 1 rings (SSSR count). The van der Waals surface area contributed by atoms with Crippen molar-refractivity contribution in [2.45, 2.75) is 39.7 Å². The van der Waals surface area contributed by atoms with Gasteiger partial charge in [-0.3, -0.25) is 0 Å². The average molecular weight is 198 g/mol. The molecule has 2 heteroatoms. The van der Waals surface area contributed by atoms with Gasteiger partial charge in [0, 0.05) is 25.7 Å². The van der Waals surface area contributed by atoms with Crippen LogP contribution in [0.5, 0.6) is 0 Å². The molecule has 2 nitrogen and oxygen atoms in total. The van der Waals surface area contributed by atoms with Crippen LogP contribution in [-0.4, -0.2) is 49.1 Å². The molecule has 0 amide bonds. The van der Waals surface area contributed by atoms with E-state index in [1.54, 1.807) is 0 Å². The van der Waals surface area contributed by atoms with Gasteiger partial charge in [0.15, 0.2) is 0 Å². The maximum absolute atomic E-state index is 2.62. The monoisotopic (exact) mass is 198 g/mol. The summed E-state index contributed by atoms with van der Waals surface area (Å²) in [6.45, 7) is 12.0. The Bertz CT molecular complexity index is 156. The molecule has 0 spiro atoms. The molecule has 1 aliphatic heterocycles. The van der Waals surface area contributed by atoms with Crippen LogP contribution >= 0.6 is 0 Å². The van der Waals surface area contributed by atoms with Crippen LogP contribution in [0.1, 0.15) is 33.6 Å². The number of hydrogen-bond acceptors (Lipinski definition) is 2. The Labute approximate surface area is 89.3 Å². The summed E-state index contributed by atoms with van der Waals surface area (Å²) in [4.78, 5) is 5.08. The van der Waals surface area contributed by atoms with Crippen molar-refractivity contribution >= 4 is 0 Å². The lowest BCUT2D eigenvalue weighted by Gasteiger charge is -2.37. The largest absolute Gasteiger partial charge is 0.301 e. The predicted molar refractivity (Wildman–Crippen MR) is 62.6 cm³/mol. The minimum absolute atomic E-state index is 0.739. The molecule has 1 heterocycles. The molecule has 0 bridgehead atoms. The van der Waals surface area contributed by atoms with E-state index in [9.17, 15) is 0 Å². The molecule has 0 saturated carbocycles. The Morgan fingerprint density at radius 2 is 2.00 bits per heavy atom. The Morgan fingerprint density at radius 3 is 2.57 bits per heavy atom.